The number of hydrogen-bond acceptors (Lipinski definition) is 12. The first-order chi connectivity index (χ1) is 11.8. The zero-order valence-corrected chi connectivity index (χ0v) is 27.3. The molecule has 0 aromatic carbocycles. The molecule has 1 N–H and O–H groups in total. The van der Waals surface area contributed by atoms with Gasteiger partial charge in [-0.3, -0.25) is 18.0 Å². The largest absolute Gasteiger partial charge is 1.00 e. The first-order valence-electron chi connectivity index (χ1n) is 6.76. The quantitative estimate of drug-likeness (QED) is 0.259. The Morgan fingerprint density at radius 2 is 1.70 bits per heavy atom. The maximum atomic E-state index is 11.8. The molecule has 0 saturated carbocycles. The van der Waals surface area contributed by atoms with Gasteiger partial charge in [-0.2, -0.15) is 0 Å². The van der Waals surface area contributed by atoms with Gasteiger partial charge in [0.25, 0.3) is 7.82 Å². The minimum atomic E-state index is -6.00. The Bertz CT molecular complexity index is 881. The van der Waals surface area contributed by atoms with Crippen molar-refractivity contribution < 1.29 is 170 Å². The van der Waals surface area contributed by atoms with E-state index in [9.17, 15) is 43.2 Å². The molecular weight excluding hydrogens is 513 g/mol. The van der Waals surface area contributed by atoms with Gasteiger partial charge in [0.1, 0.15) is 6.23 Å². The van der Waals surface area contributed by atoms with Gasteiger partial charge in [0.2, 0.25) is 0 Å². The fourth-order valence-electron chi connectivity index (χ4n) is 2.23. The van der Waals surface area contributed by atoms with Gasteiger partial charge in [-0.1, -0.05) is 0 Å². The average molecular weight is 524 g/mol. The normalized spacial score (nSPS) is 22.1. The Morgan fingerprint density at radius 1 is 1.13 bits per heavy atom. The van der Waals surface area contributed by atoms with Crippen molar-refractivity contribution in [2.45, 2.75) is 25.2 Å². The molecular formula is C9H11N2Na4O12P3. The van der Waals surface area contributed by atoms with Crippen LogP contribution in [-0.4, -0.2) is 26.7 Å². The molecule has 21 heteroatoms. The van der Waals surface area contributed by atoms with E-state index >= 15 is 0 Å². The van der Waals surface area contributed by atoms with Crippen molar-refractivity contribution in [2.75, 3.05) is 6.16 Å². The first kappa shape index (κ1) is 37.6. The van der Waals surface area contributed by atoms with Crippen LogP contribution in [0.5, 0.6) is 5.88 Å². The Hall–Kier alpha value is 3.09. The number of phosphoric acid groups is 2. The molecule has 4 atom stereocenters. The molecule has 1 saturated heterocycles. The van der Waals surface area contributed by atoms with Crippen LogP contribution in [0.15, 0.2) is 17.1 Å². The molecule has 1 aliphatic heterocycles. The molecule has 0 amide bonds. The molecule has 0 aliphatic carbocycles. The van der Waals surface area contributed by atoms with Crippen LogP contribution in [0.2, 0.25) is 0 Å². The van der Waals surface area contributed by atoms with Crippen LogP contribution >= 0.6 is 23.2 Å². The monoisotopic (exact) mass is 524 g/mol. The number of rotatable bonds is 7. The summed E-state index contributed by atoms with van der Waals surface area (Å²) in [6.45, 7) is 0. The van der Waals surface area contributed by atoms with Crippen LogP contribution in [0.1, 0.15) is 19.1 Å². The fourth-order valence-corrected chi connectivity index (χ4v) is 5.89. The Morgan fingerprint density at radius 3 is 2.20 bits per heavy atom. The number of aromatic nitrogens is 2. The van der Waals surface area contributed by atoms with Crippen LogP contribution in [0.3, 0.4) is 0 Å². The molecule has 14 nitrogen and oxygen atoms in total. The second kappa shape index (κ2) is 15.3. The third kappa shape index (κ3) is 13.3. The summed E-state index contributed by atoms with van der Waals surface area (Å²) in [6, 6.07) is 1.01. The summed E-state index contributed by atoms with van der Waals surface area (Å²) in [7, 11) is -16.9. The summed E-state index contributed by atoms with van der Waals surface area (Å²) in [5.74, 6) is -0.755. The summed E-state index contributed by atoms with van der Waals surface area (Å²) in [5, 5.41) is 11.0. The van der Waals surface area contributed by atoms with Crippen molar-refractivity contribution in [3.8, 4) is 5.88 Å². The van der Waals surface area contributed by atoms with E-state index in [1.165, 1.54) is 0 Å². The molecule has 2 rings (SSSR count). The molecule has 1 fully saturated rings. The smallest absolute Gasteiger partial charge is 0.858 e. The minimum Gasteiger partial charge on any atom is -0.858 e. The predicted molar refractivity (Wildman–Crippen MR) is 73.2 cm³/mol. The maximum absolute atomic E-state index is 11.8. The zero-order chi connectivity index (χ0) is 19.8. The fraction of sp³-hybridized carbons (Fsp3) is 0.556. The van der Waals surface area contributed by atoms with E-state index in [2.05, 4.69) is 13.6 Å². The first-order valence-corrected chi connectivity index (χ1v) is 11.4. The second-order valence-corrected chi connectivity index (χ2v) is 9.86. The van der Waals surface area contributed by atoms with Gasteiger partial charge in [0, 0.05) is 6.20 Å². The summed E-state index contributed by atoms with van der Waals surface area (Å²) < 4.78 is 46.4. The molecule has 1 aromatic heterocycles. The Kier molecular flexibility index (Phi) is 19.1. The standard InChI is InChI=1S/C9H15N2O12P3.4Na/c12-7-3-4-11(9(13)10-7)8-2-1-6(21-8)5-24(14,15)22-26(19,20)23-25(16,17)18;;;;/h3-4,6,8H,1-2,5H2,(H,14,15)(H,19,20)(H,10,12,13)(H2,16,17,18);;;;/q;4*+1/p-4/t6-,8+;;;;/m0..../s1. The minimum absolute atomic E-state index is 0. The number of nitrogens with zero attached hydrogens (tertiary/aromatic N) is 2. The van der Waals surface area contributed by atoms with Crippen molar-refractivity contribution in [1.82, 2.24) is 9.55 Å². The molecule has 30 heavy (non-hydrogen) atoms. The van der Waals surface area contributed by atoms with Crippen molar-refractivity contribution >= 4 is 23.2 Å². The van der Waals surface area contributed by atoms with Crippen molar-refractivity contribution in [3.63, 3.8) is 0 Å². The Balaban J connectivity index is -0.00000182. The van der Waals surface area contributed by atoms with Gasteiger partial charge >= 0.3 is 132 Å². The average Bonchev–Trinajstić information content (AvgIpc) is 2.81. The molecule has 1 aliphatic rings. The van der Waals surface area contributed by atoms with Crippen LogP contribution < -0.4 is 144 Å². The van der Waals surface area contributed by atoms with Crippen LogP contribution in [0.25, 0.3) is 0 Å². The van der Waals surface area contributed by atoms with Crippen molar-refractivity contribution in [2.24, 2.45) is 0 Å². The third-order valence-corrected chi connectivity index (χ3v) is 7.35. The van der Waals surface area contributed by atoms with E-state index in [1.807, 2.05) is 0 Å². The molecule has 0 bridgehead atoms. The molecule has 148 valence electrons. The van der Waals surface area contributed by atoms with Gasteiger partial charge in [0.05, 0.1) is 20.1 Å². The second-order valence-electron chi connectivity index (χ2n) is 5.12. The predicted octanol–water partition coefficient (Wildman–Crippen LogP) is -14.5. The summed E-state index contributed by atoms with van der Waals surface area (Å²) in [5.41, 5.74) is -0.898. The van der Waals surface area contributed by atoms with E-state index in [-0.39, 0.29) is 131 Å². The number of hydrogen-bond donors (Lipinski definition) is 1. The maximum Gasteiger partial charge on any atom is 1.00 e. The van der Waals surface area contributed by atoms with Gasteiger partial charge in [-0.25, -0.2) is 14.1 Å². The van der Waals surface area contributed by atoms with Gasteiger partial charge in [-0.05, 0) is 24.8 Å². The van der Waals surface area contributed by atoms with Crippen molar-refractivity contribution in [3.05, 3.63) is 22.7 Å². The SMILES string of the molecule is O=c1nc([O-])ccn1[C@H]1CC[C@@H](CP(=O)(O)OP(=O)([O-])OP(=O)([O-])[O-])O1.[Na+].[Na+].[Na+].[Na+]. The van der Waals surface area contributed by atoms with E-state index < -0.39 is 53.3 Å². The van der Waals surface area contributed by atoms with Crippen LogP contribution in [0, 0.1) is 0 Å². The summed E-state index contributed by atoms with van der Waals surface area (Å²) in [6.07, 6.45) is -1.44. The molecule has 2 heterocycles. The summed E-state index contributed by atoms with van der Waals surface area (Å²) >= 11 is 0. The van der Waals surface area contributed by atoms with Gasteiger partial charge in [0.15, 0.2) is 0 Å². The van der Waals surface area contributed by atoms with Crippen LogP contribution in [0.4, 0.5) is 0 Å². The van der Waals surface area contributed by atoms with Crippen LogP contribution in [-0.2, 0) is 27.1 Å². The molecule has 2 unspecified atom stereocenters. The van der Waals surface area contributed by atoms with E-state index in [4.69, 9.17) is 4.74 Å². The van der Waals surface area contributed by atoms with E-state index in [1.54, 1.807) is 0 Å². The molecule has 0 spiro atoms. The topological polar surface area (TPSA) is 226 Å². The number of ether oxygens (including phenoxy) is 1. The van der Waals surface area contributed by atoms with Gasteiger partial charge < -0.3 is 34.0 Å². The van der Waals surface area contributed by atoms with E-state index in [0.717, 1.165) is 16.8 Å². The Labute approximate surface area is 259 Å². The third-order valence-electron chi connectivity index (χ3n) is 3.06. The van der Waals surface area contributed by atoms with Crippen molar-refractivity contribution in [1.29, 1.82) is 0 Å². The van der Waals surface area contributed by atoms with Gasteiger partial charge in [-0.15, -0.1) is 0 Å². The molecule has 1 aromatic rings. The zero-order valence-electron chi connectivity index (χ0n) is 16.6. The summed E-state index contributed by atoms with van der Waals surface area (Å²) in [4.78, 5) is 56.0. The van der Waals surface area contributed by atoms with E-state index in [0.29, 0.717) is 0 Å². The molecule has 0 radical (unpaired) electrons.